The highest BCUT2D eigenvalue weighted by molar-refractivity contribution is 6.31. The molecule has 1 heterocycles. The number of fused-ring (bicyclic) bond motifs is 1. The van der Waals surface area contributed by atoms with Gasteiger partial charge in [0.1, 0.15) is 5.82 Å². The number of ether oxygens (including phenoxy) is 1. The van der Waals surface area contributed by atoms with Gasteiger partial charge in [-0.15, -0.1) is 0 Å². The van der Waals surface area contributed by atoms with Gasteiger partial charge < -0.3 is 15.0 Å². The molecule has 0 bridgehead atoms. The number of hydrogen-bond acceptors (Lipinski definition) is 3. The van der Waals surface area contributed by atoms with Crippen molar-refractivity contribution in [3.63, 3.8) is 0 Å². The van der Waals surface area contributed by atoms with Gasteiger partial charge in [0.15, 0.2) is 0 Å². The molecule has 6 heteroatoms. The Balaban J connectivity index is 2.64. The minimum absolute atomic E-state index is 0.00410. The van der Waals surface area contributed by atoms with Gasteiger partial charge in [-0.3, -0.25) is 0 Å². The van der Waals surface area contributed by atoms with Crippen molar-refractivity contribution >= 4 is 28.6 Å². The standard InChI is InChI=1S/C13H17ClFN3O/c1-7(2)12(6-19-3)18-11-5-9(15)8(14)4-10(11)17-13(18)16/h4-5,7,12H,6H2,1-3H3,(H2,16,17). The summed E-state index contributed by atoms with van der Waals surface area (Å²) >= 11 is 5.76. The van der Waals surface area contributed by atoms with Crippen LogP contribution < -0.4 is 5.73 Å². The maximum absolute atomic E-state index is 13.6. The van der Waals surface area contributed by atoms with Gasteiger partial charge in [0, 0.05) is 13.2 Å². The normalized spacial score (nSPS) is 13.4. The number of halogens is 2. The van der Waals surface area contributed by atoms with Gasteiger partial charge in [-0.2, -0.15) is 0 Å². The highest BCUT2D eigenvalue weighted by Gasteiger charge is 2.22. The van der Waals surface area contributed by atoms with E-state index in [0.29, 0.717) is 23.6 Å². The Morgan fingerprint density at radius 3 is 2.74 bits per heavy atom. The van der Waals surface area contributed by atoms with E-state index in [0.717, 1.165) is 0 Å². The Bertz CT molecular complexity index is 597. The quantitative estimate of drug-likeness (QED) is 0.938. The molecular weight excluding hydrogens is 269 g/mol. The van der Waals surface area contributed by atoms with Crippen molar-refractivity contribution in [2.75, 3.05) is 19.5 Å². The second-order valence-electron chi connectivity index (χ2n) is 4.86. The Kier molecular flexibility index (Phi) is 3.96. The number of nitrogens with two attached hydrogens (primary N) is 1. The van der Waals surface area contributed by atoms with Crippen molar-refractivity contribution < 1.29 is 9.13 Å². The average Bonchev–Trinajstić information content (AvgIpc) is 2.62. The third-order valence-corrected chi connectivity index (χ3v) is 3.49. The monoisotopic (exact) mass is 285 g/mol. The number of nitrogens with zero attached hydrogens (tertiary/aromatic N) is 2. The fourth-order valence-electron chi connectivity index (χ4n) is 2.19. The Labute approximate surface area is 116 Å². The number of nitrogen functional groups attached to an aromatic ring is 1. The number of imidazole rings is 1. The molecule has 0 aliphatic carbocycles. The van der Waals surface area contributed by atoms with Crippen molar-refractivity contribution in [3.05, 3.63) is 23.0 Å². The van der Waals surface area contributed by atoms with Gasteiger partial charge in [0.2, 0.25) is 5.95 Å². The summed E-state index contributed by atoms with van der Waals surface area (Å²) in [6.07, 6.45) is 0. The maximum atomic E-state index is 13.6. The number of benzene rings is 1. The molecule has 1 unspecified atom stereocenters. The molecule has 0 radical (unpaired) electrons. The molecule has 0 spiro atoms. The third kappa shape index (κ3) is 2.53. The lowest BCUT2D eigenvalue weighted by Crippen LogP contribution is -2.21. The summed E-state index contributed by atoms with van der Waals surface area (Å²) in [5.41, 5.74) is 7.18. The van der Waals surface area contributed by atoms with E-state index in [2.05, 4.69) is 18.8 Å². The second-order valence-corrected chi connectivity index (χ2v) is 5.27. The van der Waals surface area contributed by atoms with Gasteiger partial charge in [0.25, 0.3) is 0 Å². The zero-order valence-electron chi connectivity index (χ0n) is 11.2. The van der Waals surface area contributed by atoms with Crippen LogP contribution in [0.5, 0.6) is 0 Å². The Hall–Kier alpha value is -1.33. The summed E-state index contributed by atoms with van der Waals surface area (Å²) in [5, 5.41) is 0.0463. The van der Waals surface area contributed by atoms with E-state index in [-0.39, 0.29) is 17.0 Å². The number of hydrogen-bond donors (Lipinski definition) is 1. The van der Waals surface area contributed by atoms with Crippen LogP contribution in [0.25, 0.3) is 11.0 Å². The molecular formula is C13H17ClFN3O. The minimum Gasteiger partial charge on any atom is -0.383 e. The Morgan fingerprint density at radius 2 is 2.16 bits per heavy atom. The molecule has 2 aromatic rings. The van der Waals surface area contributed by atoms with Gasteiger partial charge >= 0.3 is 0 Å². The summed E-state index contributed by atoms with van der Waals surface area (Å²) < 4.78 is 20.7. The molecule has 0 saturated carbocycles. The number of anilines is 1. The van der Waals surface area contributed by atoms with Crippen LogP contribution in [0.1, 0.15) is 19.9 Å². The predicted molar refractivity (Wildman–Crippen MR) is 74.9 cm³/mol. The van der Waals surface area contributed by atoms with Crippen LogP contribution in [0, 0.1) is 11.7 Å². The van der Waals surface area contributed by atoms with E-state index < -0.39 is 5.82 Å². The van der Waals surface area contributed by atoms with Crippen LogP contribution >= 0.6 is 11.6 Å². The lowest BCUT2D eigenvalue weighted by molar-refractivity contribution is 0.136. The zero-order valence-corrected chi connectivity index (χ0v) is 11.9. The van der Waals surface area contributed by atoms with Crippen molar-refractivity contribution in [2.24, 2.45) is 5.92 Å². The molecule has 0 aliphatic rings. The third-order valence-electron chi connectivity index (χ3n) is 3.20. The molecule has 2 N–H and O–H groups in total. The smallest absolute Gasteiger partial charge is 0.201 e. The first kappa shape index (κ1) is 14.1. The van der Waals surface area contributed by atoms with Crippen molar-refractivity contribution in [1.82, 2.24) is 9.55 Å². The molecule has 4 nitrogen and oxygen atoms in total. The number of rotatable bonds is 4. The molecule has 0 amide bonds. The van der Waals surface area contributed by atoms with Crippen LogP contribution in [0.15, 0.2) is 12.1 Å². The molecule has 1 atom stereocenters. The van der Waals surface area contributed by atoms with Crippen LogP contribution in [-0.4, -0.2) is 23.3 Å². The molecule has 0 aliphatic heterocycles. The van der Waals surface area contributed by atoms with Crippen LogP contribution in [0.3, 0.4) is 0 Å². The first-order valence-corrected chi connectivity index (χ1v) is 6.45. The highest BCUT2D eigenvalue weighted by atomic mass is 35.5. The fourth-order valence-corrected chi connectivity index (χ4v) is 2.35. The first-order valence-electron chi connectivity index (χ1n) is 6.07. The van der Waals surface area contributed by atoms with Crippen molar-refractivity contribution in [1.29, 1.82) is 0 Å². The summed E-state index contributed by atoms with van der Waals surface area (Å²) in [5.74, 6) is 0.140. The molecule has 2 rings (SSSR count). The molecule has 1 aromatic carbocycles. The number of methoxy groups -OCH3 is 1. The predicted octanol–water partition coefficient (Wildman–Crippen LogP) is 3.25. The largest absolute Gasteiger partial charge is 0.383 e. The van der Waals surface area contributed by atoms with Gasteiger partial charge in [-0.05, 0) is 12.0 Å². The molecule has 1 aromatic heterocycles. The summed E-state index contributed by atoms with van der Waals surface area (Å²) in [7, 11) is 1.63. The van der Waals surface area contributed by atoms with Crippen LogP contribution in [0.2, 0.25) is 5.02 Å². The van der Waals surface area contributed by atoms with Crippen LogP contribution in [0.4, 0.5) is 10.3 Å². The van der Waals surface area contributed by atoms with Gasteiger partial charge in [-0.1, -0.05) is 25.4 Å². The van der Waals surface area contributed by atoms with E-state index in [9.17, 15) is 4.39 Å². The van der Waals surface area contributed by atoms with E-state index in [4.69, 9.17) is 22.1 Å². The fraction of sp³-hybridized carbons (Fsp3) is 0.462. The Morgan fingerprint density at radius 1 is 1.47 bits per heavy atom. The zero-order chi connectivity index (χ0) is 14.2. The summed E-state index contributed by atoms with van der Waals surface area (Å²) in [4.78, 5) is 4.23. The van der Waals surface area contributed by atoms with Gasteiger partial charge in [0.05, 0.1) is 28.7 Å². The first-order chi connectivity index (χ1) is 8.95. The molecule has 104 valence electrons. The summed E-state index contributed by atoms with van der Waals surface area (Å²) in [6.45, 7) is 4.60. The number of aromatic nitrogens is 2. The SMILES string of the molecule is COCC(C(C)C)n1c(N)nc2cc(Cl)c(F)cc21. The molecule has 19 heavy (non-hydrogen) atoms. The lowest BCUT2D eigenvalue weighted by Gasteiger charge is -2.23. The van der Waals surface area contributed by atoms with E-state index in [1.54, 1.807) is 7.11 Å². The highest BCUT2D eigenvalue weighted by Crippen LogP contribution is 2.30. The van der Waals surface area contributed by atoms with E-state index in [1.807, 2.05) is 4.57 Å². The maximum Gasteiger partial charge on any atom is 0.201 e. The summed E-state index contributed by atoms with van der Waals surface area (Å²) in [6, 6.07) is 2.85. The topological polar surface area (TPSA) is 53.1 Å². The van der Waals surface area contributed by atoms with E-state index in [1.165, 1.54) is 12.1 Å². The van der Waals surface area contributed by atoms with Gasteiger partial charge in [-0.25, -0.2) is 9.37 Å². The lowest BCUT2D eigenvalue weighted by atomic mass is 10.0. The minimum atomic E-state index is -0.477. The average molecular weight is 286 g/mol. The second kappa shape index (κ2) is 5.35. The molecule has 0 saturated heterocycles. The van der Waals surface area contributed by atoms with E-state index >= 15 is 0 Å². The van der Waals surface area contributed by atoms with Crippen molar-refractivity contribution in [3.8, 4) is 0 Å². The molecule has 0 fully saturated rings. The van der Waals surface area contributed by atoms with Crippen LogP contribution in [-0.2, 0) is 4.74 Å². The van der Waals surface area contributed by atoms with Crippen molar-refractivity contribution in [2.45, 2.75) is 19.9 Å².